The molecule has 0 spiro atoms. The van der Waals surface area contributed by atoms with E-state index in [4.69, 9.17) is 5.11 Å². The lowest BCUT2D eigenvalue weighted by molar-refractivity contribution is -0.140. The van der Waals surface area contributed by atoms with Gasteiger partial charge in [-0.1, -0.05) is 13.8 Å². The monoisotopic (exact) mass is 416 g/mol. The van der Waals surface area contributed by atoms with E-state index < -0.39 is 17.9 Å². The van der Waals surface area contributed by atoms with Gasteiger partial charge in [-0.25, -0.2) is 0 Å². The summed E-state index contributed by atoms with van der Waals surface area (Å²) in [5, 5.41) is 31.0. The molecule has 0 aromatic carbocycles. The smallest absolute Gasteiger partial charge is 0.317 e. The summed E-state index contributed by atoms with van der Waals surface area (Å²) in [5.41, 5.74) is 0. The first kappa shape index (κ1) is 25.3. The fourth-order valence-corrected chi connectivity index (χ4v) is 3.45. The van der Waals surface area contributed by atoms with Gasteiger partial charge in [0.2, 0.25) is 0 Å². The Morgan fingerprint density at radius 3 is 1.76 bits per heavy atom. The number of carboxylic acid groups (broad SMARTS) is 3. The first-order valence-electron chi connectivity index (χ1n) is 10.2. The summed E-state index contributed by atoms with van der Waals surface area (Å²) in [5.74, 6) is -2.24. The first-order valence-corrected chi connectivity index (χ1v) is 10.2. The predicted molar refractivity (Wildman–Crippen MR) is 108 cm³/mol. The van der Waals surface area contributed by atoms with Gasteiger partial charge in [0, 0.05) is 51.9 Å². The molecule has 4 N–H and O–H groups in total. The van der Waals surface area contributed by atoms with Gasteiger partial charge in [-0.05, 0) is 18.8 Å². The largest absolute Gasteiger partial charge is 0.480 e. The van der Waals surface area contributed by atoms with E-state index in [-0.39, 0.29) is 25.7 Å². The average Bonchev–Trinajstić information content (AvgIpc) is 2.58. The van der Waals surface area contributed by atoms with E-state index in [1.54, 1.807) is 9.80 Å². The van der Waals surface area contributed by atoms with E-state index >= 15 is 0 Å². The molecule has 10 nitrogen and oxygen atoms in total. The average molecular weight is 417 g/mol. The number of nitrogens with zero attached hydrogens (tertiary/aromatic N) is 3. The summed E-state index contributed by atoms with van der Waals surface area (Å²) in [4.78, 5) is 39.0. The topological polar surface area (TPSA) is 134 Å². The number of carbonyl (C=O) groups is 3. The zero-order valence-corrected chi connectivity index (χ0v) is 17.5. The van der Waals surface area contributed by atoms with Crippen LogP contribution in [-0.2, 0) is 14.4 Å². The van der Waals surface area contributed by atoms with Crippen LogP contribution >= 0.6 is 0 Å². The summed E-state index contributed by atoms with van der Waals surface area (Å²) >= 11 is 0. The van der Waals surface area contributed by atoms with Gasteiger partial charge in [-0.3, -0.25) is 29.1 Å². The Morgan fingerprint density at radius 2 is 1.28 bits per heavy atom. The van der Waals surface area contributed by atoms with Crippen LogP contribution in [0.1, 0.15) is 26.7 Å². The molecule has 1 aliphatic heterocycles. The second-order valence-corrected chi connectivity index (χ2v) is 8.09. The van der Waals surface area contributed by atoms with Gasteiger partial charge >= 0.3 is 17.9 Å². The molecule has 0 aliphatic carbocycles. The number of aliphatic carboxylic acids is 3. The van der Waals surface area contributed by atoms with Gasteiger partial charge < -0.3 is 20.6 Å². The van der Waals surface area contributed by atoms with E-state index in [0.717, 1.165) is 12.8 Å². The van der Waals surface area contributed by atoms with Crippen LogP contribution in [0.2, 0.25) is 0 Å². The minimum absolute atomic E-state index is 0.0914. The highest BCUT2D eigenvalue weighted by Crippen LogP contribution is 2.09. The number of rotatable bonds is 9. The van der Waals surface area contributed by atoms with Crippen LogP contribution in [0.4, 0.5) is 0 Å². The molecule has 10 heteroatoms. The Bertz CT molecular complexity index is 531. The van der Waals surface area contributed by atoms with Crippen molar-refractivity contribution >= 4 is 17.9 Å². The number of hydrogen-bond donors (Lipinski definition) is 4. The second-order valence-electron chi connectivity index (χ2n) is 8.09. The Labute approximate surface area is 172 Å². The van der Waals surface area contributed by atoms with Crippen LogP contribution in [0.25, 0.3) is 0 Å². The maximum absolute atomic E-state index is 11.3. The summed E-state index contributed by atoms with van der Waals surface area (Å²) in [6.07, 6.45) is 1.90. The fourth-order valence-electron chi connectivity index (χ4n) is 3.45. The van der Waals surface area contributed by atoms with Crippen molar-refractivity contribution in [1.29, 1.82) is 0 Å². The normalized spacial score (nSPS) is 21.4. The van der Waals surface area contributed by atoms with Crippen molar-refractivity contribution in [3.05, 3.63) is 0 Å². The highest BCUT2D eigenvalue weighted by Gasteiger charge is 2.21. The molecule has 29 heavy (non-hydrogen) atoms. The van der Waals surface area contributed by atoms with E-state index in [0.29, 0.717) is 51.7 Å². The van der Waals surface area contributed by atoms with Crippen LogP contribution in [0.15, 0.2) is 0 Å². The maximum Gasteiger partial charge on any atom is 0.317 e. The highest BCUT2D eigenvalue weighted by atomic mass is 16.4. The maximum atomic E-state index is 11.3. The lowest BCUT2D eigenvalue weighted by atomic mass is 10.0. The summed E-state index contributed by atoms with van der Waals surface area (Å²) in [6.45, 7) is 7.33. The molecule has 0 amide bonds. The number of hydrogen-bond acceptors (Lipinski definition) is 7. The van der Waals surface area contributed by atoms with Gasteiger partial charge in [0.15, 0.2) is 0 Å². The molecule has 1 unspecified atom stereocenters. The minimum Gasteiger partial charge on any atom is -0.480 e. The van der Waals surface area contributed by atoms with Crippen LogP contribution in [-0.4, -0.2) is 119 Å². The third-order valence-electron chi connectivity index (χ3n) is 4.97. The SMILES string of the molecule is CC(C)CCC1CN(CC(=O)O)CCN(CC(=O)O)CCN(CC(=O)O)CCN1. The molecule has 0 bridgehead atoms. The van der Waals surface area contributed by atoms with Crippen LogP contribution in [0, 0.1) is 5.92 Å². The zero-order valence-electron chi connectivity index (χ0n) is 17.5. The third-order valence-corrected chi connectivity index (χ3v) is 4.97. The van der Waals surface area contributed by atoms with Crippen molar-refractivity contribution < 1.29 is 29.7 Å². The Balaban J connectivity index is 2.90. The molecular formula is C19H36N4O6. The number of nitrogens with one attached hydrogen (secondary N) is 1. The van der Waals surface area contributed by atoms with Crippen molar-refractivity contribution in [2.24, 2.45) is 5.92 Å². The van der Waals surface area contributed by atoms with Gasteiger partial charge in [0.25, 0.3) is 0 Å². The Hall–Kier alpha value is -1.75. The summed E-state index contributed by atoms with van der Waals surface area (Å²) in [6, 6.07) is 0.0933. The molecule has 0 aromatic heterocycles. The highest BCUT2D eigenvalue weighted by molar-refractivity contribution is 5.69. The second kappa shape index (κ2) is 13.5. The molecule has 1 saturated heterocycles. The molecule has 1 aliphatic rings. The lowest BCUT2D eigenvalue weighted by Crippen LogP contribution is -2.50. The van der Waals surface area contributed by atoms with E-state index in [1.165, 1.54) is 0 Å². The predicted octanol–water partition coefficient (Wildman–Crippen LogP) is -0.446. The molecule has 0 radical (unpaired) electrons. The van der Waals surface area contributed by atoms with E-state index in [1.807, 2.05) is 4.90 Å². The molecule has 1 fully saturated rings. The standard InChI is InChI=1S/C19H36N4O6/c1-15(2)3-4-16-11-23(14-19(28)29)10-9-22(13-18(26)27)8-7-21(6-5-20-16)12-17(24)25/h15-16,20H,3-14H2,1-2H3,(H,24,25)(H,26,27)(H,28,29). The molecule has 1 rings (SSSR count). The molecule has 1 heterocycles. The fraction of sp³-hybridized carbons (Fsp3) is 0.842. The van der Waals surface area contributed by atoms with Crippen molar-refractivity contribution in [3.8, 4) is 0 Å². The van der Waals surface area contributed by atoms with E-state index in [2.05, 4.69) is 19.2 Å². The van der Waals surface area contributed by atoms with Crippen LogP contribution in [0.3, 0.4) is 0 Å². The van der Waals surface area contributed by atoms with Crippen molar-refractivity contribution in [2.75, 3.05) is 65.4 Å². The van der Waals surface area contributed by atoms with Crippen LogP contribution in [0.5, 0.6) is 0 Å². The quantitative estimate of drug-likeness (QED) is 0.392. The number of carboxylic acids is 3. The summed E-state index contributed by atoms with van der Waals surface area (Å²) in [7, 11) is 0. The lowest BCUT2D eigenvalue weighted by Gasteiger charge is -2.32. The van der Waals surface area contributed by atoms with Gasteiger partial charge in [0.1, 0.15) is 0 Å². The zero-order chi connectivity index (χ0) is 21.8. The molecule has 1 atom stereocenters. The van der Waals surface area contributed by atoms with Gasteiger partial charge in [0.05, 0.1) is 19.6 Å². The first-order chi connectivity index (χ1) is 13.7. The molecule has 0 saturated carbocycles. The molecule has 0 aromatic rings. The molecular weight excluding hydrogens is 380 g/mol. The molecule has 168 valence electrons. The Morgan fingerprint density at radius 1 is 0.828 bits per heavy atom. The van der Waals surface area contributed by atoms with Gasteiger partial charge in [-0.15, -0.1) is 0 Å². The van der Waals surface area contributed by atoms with Crippen LogP contribution < -0.4 is 5.32 Å². The Kier molecular flexibility index (Phi) is 11.7. The van der Waals surface area contributed by atoms with Crippen molar-refractivity contribution in [1.82, 2.24) is 20.0 Å². The van der Waals surface area contributed by atoms with Crippen molar-refractivity contribution in [3.63, 3.8) is 0 Å². The van der Waals surface area contributed by atoms with Crippen molar-refractivity contribution in [2.45, 2.75) is 32.7 Å². The third kappa shape index (κ3) is 12.4. The minimum atomic E-state index is -0.955. The summed E-state index contributed by atoms with van der Waals surface area (Å²) < 4.78 is 0. The van der Waals surface area contributed by atoms with E-state index in [9.17, 15) is 24.6 Å². The van der Waals surface area contributed by atoms with Gasteiger partial charge in [-0.2, -0.15) is 0 Å².